The van der Waals surface area contributed by atoms with E-state index in [1.54, 1.807) is 31.1 Å². The number of hydrogen-bond acceptors (Lipinski definition) is 10. The van der Waals surface area contributed by atoms with Gasteiger partial charge in [0.05, 0.1) is 36.4 Å². The number of carbonyl (C=O) groups excluding carboxylic acids is 2. The summed E-state index contributed by atoms with van der Waals surface area (Å²) in [5.41, 5.74) is -1.34. The summed E-state index contributed by atoms with van der Waals surface area (Å²) in [5, 5.41) is 32.1. The van der Waals surface area contributed by atoms with Gasteiger partial charge in [-0.15, -0.1) is 0 Å². The van der Waals surface area contributed by atoms with Gasteiger partial charge in [-0.25, -0.2) is 4.79 Å². The molecule has 0 radical (unpaired) electrons. The van der Waals surface area contributed by atoms with Gasteiger partial charge >= 0.3 is 12.1 Å². The lowest BCUT2D eigenvalue weighted by atomic mass is 9.88. The van der Waals surface area contributed by atoms with Gasteiger partial charge in [-0.3, -0.25) is 9.69 Å². The number of aliphatic hydroxyl groups excluding tert-OH is 2. The number of nitrogens with zero attached hydrogens (tertiary/aromatic N) is 2. The van der Waals surface area contributed by atoms with Crippen LogP contribution >= 0.6 is 0 Å². The summed E-state index contributed by atoms with van der Waals surface area (Å²) in [6, 6.07) is 0.600. The van der Waals surface area contributed by atoms with Crippen molar-refractivity contribution in [3.8, 4) is 0 Å². The Morgan fingerprint density at radius 1 is 1.13 bits per heavy atom. The summed E-state index contributed by atoms with van der Waals surface area (Å²) in [6.07, 6.45) is 14.8. The molecule has 0 aromatic heterocycles. The summed E-state index contributed by atoms with van der Waals surface area (Å²) < 4.78 is 23.9. The van der Waals surface area contributed by atoms with E-state index in [9.17, 15) is 24.9 Å². The quantitative estimate of drug-likeness (QED) is 0.0796. The molecule has 0 aromatic carbocycles. The molecule has 11 nitrogen and oxygen atoms in total. The zero-order valence-corrected chi connectivity index (χ0v) is 32.9. The van der Waals surface area contributed by atoms with Crippen molar-refractivity contribution in [2.24, 2.45) is 11.8 Å². The molecule has 3 aliphatic heterocycles. The predicted molar refractivity (Wildman–Crippen MR) is 201 cm³/mol. The van der Waals surface area contributed by atoms with Gasteiger partial charge in [-0.2, -0.15) is 0 Å². The molecule has 4 rings (SSSR count). The van der Waals surface area contributed by atoms with Crippen molar-refractivity contribution in [2.45, 2.75) is 166 Å². The van der Waals surface area contributed by atoms with Crippen molar-refractivity contribution in [2.75, 3.05) is 33.3 Å². The number of carbonyl (C=O) groups is 2. The van der Waals surface area contributed by atoms with E-state index >= 15 is 0 Å². The highest BCUT2D eigenvalue weighted by molar-refractivity contribution is 5.70. The third kappa shape index (κ3) is 12.1. The maximum absolute atomic E-state index is 13.6. The van der Waals surface area contributed by atoms with Crippen LogP contribution in [-0.2, 0) is 23.7 Å². The molecule has 0 aromatic rings. The Morgan fingerprint density at radius 3 is 2.44 bits per heavy atom. The number of allylic oxidation sites excluding steroid dienone is 2. The Morgan fingerprint density at radius 2 is 1.81 bits per heavy atom. The molecule has 52 heavy (non-hydrogen) atoms. The molecule has 3 fully saturated rings. The molecular formula is C41H68N2O9. The highest BCUT2D eigenvalue weighted by atomic mass is 16.6. The van der Waals surface area contributed by atoms with E-state index in [2.05, 4.69) is 4.90 Å². The molecule has 296 valence electrons. The van der Waals surface area contributed by atoms with Gasteiger partial charge in [0.1, 0.15) is 11.7 Å². The third-order valence-corrected chi connectivity index (χ3v) is 12.0. The lowest BCUT2D eigenvalue weighted by Gasteiger charge is -2.40. The number of aliphatic hydroxyl groups is 3. The molecule has 0 spiro atoms. The number of rotatable bonds is 11. The van der Waals surface area contributed by atoms with Crippen LogP contribution < -0.4 is 0 Å². The second-order valence-corrected chi connectivity index (χ2v) is 16.3. The Labute approximate surface area is 312 Å². The molecule has 11 heteroatoms. The van der Waals surface area contributed by atoms with Gasteiger partial charge in [0, 0.05) is 57.6 Å². The molecule has 0 bridgehead atoms. The van der Waals surface area contributed by atoms with E-state index in [1.807, 2.05) is 52.8 Å². The molecular weight excluding hydrogens is 664 g/mol. The van der Waals surface area contributed by atoms with E-state index in [4.69, 9.17) is 18.9 Å². The maximum Gasteiger partial charge on any atom is 0.410 e. The third-order valence-electron chi connectivity index (χ3n) is 12.0. The van der Waals surface area contributed by atoms with Gasteiger partial charge in [0.15, 0.2) is 6.10 Å². The van der Waals surface area contributed by atoms with Crippen LogP contribution in [0.25, 0.3) is 0 Å². The van der Waals surface area contributed by atoms with Crippen molar-refractivity contribution in [3.05, 3.63) is 36.0 Å². The monoisotopic (exact) mass is 732 g/mol. The van der Waals surface area contributed by atoms with Crippen LogP contribution in [0.2, 0.25) is 0 Å². The Hall–Kier alpha value is -2.28. The number of amides is 1. The lowest BCUT2D eigenvalue weighted by molar-refractivity contribution is -0.151. The molecule has 1 amide bonds. The smallest absolute Gasteiger partial charge is 0.410 e. The minimum Gasteiger partial charge on any atom is -0.457 e. The fourth-order valence-electron chi connectivity index (χ4n) is 8.08. The average molecular weight is 733 g/mol. The van der Waals surface area contributed by atoms with Crippen LogP contribution in [0.3, 0.4) is 0 Å². The zero-order valence-electron chi connectivity index (χ0n) is 32.9. The molecule has 3 heterocycles. The van der Waals surface area contributed by atoms with Crippen LogP contribution in [0.4, 0.5) is 4.79 Å². The SMILES string of the molecule is CCC(O)C(C)C1OC1CC(C)(O)C=CC=C(C)C1OC(=O)CC(O)CCC(C)(OC)C(OC(=O)N2CCN(C3CCCCCC3)CC2)C=CC1C. The van der Waals surface area contributed by atoms with E-state index in [0.717, 1.165) is 18.7 Å². The summed E-state index contributed by atoms with van der Waals surface area (Å²) in [5.74, 6) is -0.826. The molecule has 2 saturated heterocycles. The first-order valence-electron chi connectivity index (χ1n) is 19.9. The second-order valence-electron chi connectivity index (χ2n) is 16.3. The lowest BCUT2D eigenvalue weighted by Crippen LogP contribution is -2.53. The molecule has 10 unspecified atom stereocenters. The summed E-state index contributed by atoms with van der Waals surface area (Å²) in [4.78, 5) is 31.0. The van der Waals surface area contributed by atoms with Crippen LogP contribution in [-0.4, -0.2) is 124 Å². The average Bonchev–Trinajstić information content (AvgIpc) is 3.93. The van der Waals surface area contributed by atoms with Gasteiger partial charge in [-0.1, -0.05) is 70.8 Å². The van der Waals surface area contributed by atoms with Crippen LogP contribution in [0.5, 0.6) is 0 Å². The van der Waals surface area contributed by atoms with Crippen LogP contribution in [0, 0.1) is 11.8 Å². The highest BCUT2D eigenvalue weighted by Crippen LogP contribution is 2.38. The van der Waals surface area contributed by atoms with E-state index < -0.39 is 41.6 Å². The summed E-state index contributed by atoms with van der Waals surface area (Å²) >= 11 is 0. The van der Waals surface area contributed by atoms with Crippen molar-refractivity contribution in [1.82, 2.24) is 9.80 Å². The molecule has 3 N–H and O–H groups in total. The van der Waals surface area contributed by atoms with Crippen LogP contribution in [0.1, 0.15) is 112 Å². The molecule has 1 aliphatic carbocycles. The summed E-state index contributed by atoms with van der Waals surface area (Å²) in [6.45, 7) is 14.2. The van der Waals surface area contributed by atoms with Crippen molar-refractivity contribution < 1.29 is 43.9 Å². The number of piperazine rings is 1. The van der Waals surface area contributed by atoms with Gasteiger partial charge in [0.2, 0.25) is 0 Å². The minimum absolute atomic E-state index is 0.00277. The summed E-state index contributed by atoms with van der Waals surface area (Å²) in [7, 11) is 1.58. The minimum atomic E-state index is -1.14. The molecule has 4 aliphatic rings. The first-order chi connectivity index (χ1) is 24.7. The Balaban J connectivity index is 1.45. The number of hydrogen-bond donors (Lipinski definition) is 3. The molecule has 1 saturated carbocycles. The van der Waals surface area contributed by atoms with Crippen molar-refractivity contribution in [1.29, 1.82) is 0 Å². The number of epoxide rings is 1. The zero-order chi connectivity index (χ0) is 38.1. The Bertz CT molecular complexity index is 1240. The van der Waals surface area contributed by atoms with Gasteiger partial charge in [-0.05, 0) is 64.5 Å². The van der Waals surface area contributed by atoms with Gasteiger partial charge < -0.3 is 39.2 Å². The first kappa shape index (κ1) is 42.5. The largest absolute Gasteiger partial charge is 0.457 e. The fourth-order valence-corrected chi connectivity index (χ4v) is 8.08. The molecule has 10 atom stereocenters. The highest BCUT2D eigenvalue weighted by Gasteiger charge is 2.47. The number of ether oxygens (including phenoxy) is 4. The van der Waals surface area contributed by atoms with E-state index in [0.29, 0.717) is 38.4 Å². The number of cyclic esters (lactones) is 1. The topological polar surface area (TPSA) is 142 Å². The maximum atomic E-state index is 13.6. The fraction of sp³-hybridized carbons (Fsp3) is 0.805. The van der Waals surface area contributed by atoms with Gasteiger partial charge in [0.25, 0.3) is 0 Å². The normalized spacial score (nSPS) is 34.4. The van der Waals surface area contributed by atoms with E-state index in [1.165, 1.54) is 38.5 Å². The first-order valence-corrected chi connectivity index (χ1v) is 19.9. The van der Waals surface area contributed by atoms with Crippen LogP contribution in [0.15, 0.2) is 36.0 Å². The van der Waals surface area contributed by atoms with Crippen molar-refractivity contribution in [3.63, 3.8) is 0 Å². The van der Waals surface area contributed by atoms with Crippen molar-refractivity contribution >= 4 is 12.1 Å². The van der Waals surface area contributed by atoms with E-state index in [-0.39, 0.29) is 43.0 Å². The Kier molecular flexibility index (Phi) is 15.8. The number of esters is 1. The second kappa shape index (κ2) is 19.4. The predicted octanol–water partition coefficient (Wildman–Crippen LogP) is 5.70. The number of methoxy groups -OCH3 is 1. The standard InChI is InChI=1S/C41H68N2O9/c1-8-33(45)30(4)38-34(50-38)27-40(5,48)20-13-14-28(2)37-29(3)17-18-35(41(6,49-7)21-19-32(44)26-36(46)52-37)51-39(47)43-24-22-42(23-25-43)31-15-11-9-10-12-16-31/h13-14,17-18,20,29-35,37-38,44-45,48H,8-12,15-16,19,21-27H2,1-7H3.